The van der Waals surface area contributed by atoms with Crippen LogP contribution in [0.2, 0.25) is 0 Å². The molecule has 0 aliphatic rings. The molecule has 1 amide bonds. The van der Waals surface area contributed by atoms with Crippen molar-refractivity contribution in [2.45, 2.75) is 25.7 Å². The molecule has 0 spiro atoms. The summed E-state index contributed by atoms with van der Waals surface area (Å²) in [4.78, 5) is 11.7. The molecule has 0 fully saturated rings. The maximum atomic E-state index is 12.7. The van der Waals surface area contributed by atoms with Gasteiger partial charge in [0, 0.05) is 5.69 Å². The van der Waals surface area contributed by atoms with Gasteiger partial charge in [0.1, 0.15) is 11.5 Å². The molecule has 9 heteroatoms. The summed E-state index contributed by atoms with van der Waals surface area (Å²) in [6.45, 7) is 6.38. The highest BCUT2D eigenvalue weighted by molar-refractivity contribution is 7.92. The Morgan fingerprint density at radius 1 is 0.929 bits per heavy atom. The Labute approximate surface area is 164 Å². The van der Waals surface area contributed by atoms with Gasteiger partial charge in [-0.2, -0.15) is 0 Å². The van der Waals surface area contributed by atoms with E-state index in [-0.39, 0.29) is 17.2 Å². The van der Waals surface area contributed by atoms with Gasteiger partial charge in [0.25, 0.3) is 10.0 Å². The van der Waals surface area contributed by atoms with Gasteiger partial charge in [-0.15, -0.1) is 0 Å². The lowest BCUT2D eigenvalue weighted by atomic mass is 10.3. The van der Waals surface area contributed by atoms with Crippen LogP contribution in [0.25, 0.3) is 0 Å². The molecular formula is C19H24N2O6S. The Bertz CT molecular complexity index is 897. The van der Waals surface area contributed by atoms with Crippen LogP contribution >= 0.6 is 0 Å². The van der Waals surface area contributed by atoms with E-state index in [1.54, 1.807) is 38.1 Å². The van der Waals surface area contributed by atoms with Crippen LogP contribution in [0.15, 0.2) is 47.4 Å². The second kappa shape index (κ2) is 9.84. The minimum Gasteiger partial charge on any atom is -0.494 e. The topological polar surface area (TPSA) is 103 Å². The Hall–Kier alpha value is -2.94. The number of benzene rings is 2. The molecular weight excluding hydrogens is 384 g/mol. The molecule has 0 heterocycles. The Morgan fingerprint density at radius 2 is 1.61 bits per heavy atom. The molecule has 0 saturated heterocycles. The standard InChI is InChI=1S/C19H24N2O6S/c1-4-25-15-9-7-14(8-10-15)21-28(23,24)16-11-12-18(26-5-2)17(13-16)20-19(22)27-6-3/h7-13,21H,4-6H2,1-3H3,(H,20,22). The molecule has 152 valence electrons. The van der Waals surface area contributed by atoms with Gasteiger partial charge in [-0.1, -0.05) is 0 Å². The molecule has 8 nitrogen and oxygen atoms in total. The molecule has 2 rings (SSSR count). The number of hydrogen-bond donors (Lipinski definition) is 2. The first kappa shape index (κ1) is 21.4. The summed E-state index contributed by atoms with van der Waals surface area (Å²) in [6, 6.07) is 10.8. The molecule has 2 N–H and O–H groups in total. The molecule has 0 atom stereocenters. The average Bonchev–Trinajstić information content (AvgIpc) is 2.65. The van der Waals surface area contributed by atoms with Crippen LogP contribution in [0.4, 0.5) is 16.2 Å². The third-order valence-electron chi connectivity index (χ3n) is 3.49. The van der Waals surface area contributed by atoms with Gasteiger partial charge < -0.3 is 14.2 Å². The lowest BCUT2D eigenvalue weighted by Gasteiger charge is -2.14. The summed E-state index contributed by atoms with van der Waals surface area (Å²) in [6.07, 6.45) is -0.697. The van der Waals surface area contributed by atoms with E-state index in [0.717, 1.165) is 0 Å². The predicted octanol–water partition coefficient (Wildman–Crippen LogP) is 3.85. The number of carbonyl (C=O) groups is 1. The fraction of sp³-hybridized carbons (Fsp3) is 0.316. The van der Waals surface area contributed by atoms with Crippen LogP contribution in [0.1, 0.15) is 20.8 Å². The van der Waals surface area contributed by atoms with E-state index >= 15 is 0 Å². The smallest absolute Gasteiger partial charge is 0.411 e. The van der Waals surface area contributed by atoms with Gasteiger partial charge in [0.05, 0.1) is 30.4 Å². The van der Waals surface area contributed by atoms with Crippen LogP contribution in [0, 0.1) is 0 Å². The number of ether oxygens (including phenoxy) is 3. The fourth-order valence-corrected chi connectivity index (χ4v) is 3.42. The van der Waals surface area contributed by atoms with E-state index < -0.39 is 16.1 Å². The second-order valence-corrected chi connectivity index (χ2v) is 7.18. The lowest BCUT2D eigenvalue weighted by Crippen LogP contribution is -2.16. The minimum atomic E-state index is -3.88. The maximum Gasteiger partial charge on any atom is 0.411 e. The van der Waals surface area contributed by atoms with Gasteiger partial charge in [-0.25, -0.2) is 13.2 Å². The first-order valence-electron chi connectivity index (χ1n) is 8.85. The molecule has 2 aromatic carbocycles. The molecule has 0 aliphatic heterocycles. The quantitative estimate of drug-likeness (QED) is 0.653. The summed E-state index contributed by atoms with van der Waals surface area (Å²) < 4.78 is 43.6. The number of nitrogens with one attached hydrogen (secondary N) is 2. The SMILES string of the molecule is CCOC(=O)Nc1cc(S(=O)(=O)Nc2ccc(OCC)cc2)ccc1OCC. The molecule has 0 aromatic heterocycles. The summed E-state index contributed by atoms with van der Waals surface area (Å²) >= 11 is 0. The lowest BCUT2D eigenvalue weighted by molar-refractivity contribution is 0.167. The monoisotopic (exact) mass is 408 g/mol. The number of carbonyl (C=O) groups excluding carboxylic acids is 1. The van der Waals surface area contributed by atoms with E-state index in [4.69, 9.17) is 14.2 Å². The Morgan fingerprint density at radius 3 is 2.21 bits per heavy atom. The Kier molecular flexibility index (Phi) is 7.51. The van der Waals surface area contributed by atoms with E-state index in [1.165, 1.54) is 18.2 Å². The van der Waals surface area contributed by atoms with Gasteiger partial charge in [-0.05, 0) is 63.2 Å². The van der Waals surface area contributed by atoms with Gasteiger partial charge >= 0.3 is 6.09 Å². The average molecular weight is 408 g/mol. The highest BCUT2D eigenvalue weighted by Gasteiger charge is 2.18. The molecule has 0 bridgehead atoms. The van der Waals surface area contributed by atoms with E-state index in [0.29, 0.717) is 30.4 Å². The summed E-state index contributed by atoms with van der Waals surface area (Å²) in [5.74, 6) is 0.989. The summed E-state index contributed by atoms with van der Waals surface area (Å²) in [5.41, 5.74) is 0.590. The van der Waals surface area contributed by atoms with Gasteiger partial charge in [0.15, 0.2) is 0 Å². The zero-order chi connectivity index (χ0) is 20.6. The zero-order valence-electron chi connectivity index (χ0n) is 16.0. The van der Waals surface area contributed by atoms with Crippen molar-refractivity contribution in [1.82, 2.24) is 0 Å². The maximum absolute atomic E-state index is 12.7. The minimum absolute atomic E-state index is 0.0309. The molecule has 0 aliphatic carbocycles. The normalized spacial score (nSPS) is 10.8. The number of amides is 1. The summed E-state index contributed by atoms with van der Waals surface area (Å²) in [7, 11) is -3.88. The molecule has 0 radical (unpaired) electrons. The zero-order valence-corrected chi connectivity index (χ0v) is 16.8. The summed E-state index contributed by atoms with van der Waals surface area (Å²) in [5, 5.41) is 2.50. The van der Waals surface area contributed by atoms with Crippen molar-refractivity contribution in [3.05, 3.63) is 42.5 Å². The van der Waals surface area contributed by atoms with Crippen LogP contribution in [-0.4, -0.2) is 34.3 Å². The third-order valence-corrected chi connectivity index (χ3v) is 4.87. The van der Waals surface area contributed by atoms with Crippen molar-refractivity contribution in [2.24, 2.45) is 0 Å². The van der Waals surface area contributed by atoms with Crippen molar-refractivity contribution in [3.8, 4) is 11.5 Å². The van der Waals surface area contributed by atoms with E-state index in [2.05, 4.69) is 10.0 Å². The van der Waals surface area contributed by atoms with Crippen molar-refractivity contribution in [2.75, 3.05) is 29.9 Å². The van der Waals surface area contributed by atoms with Gasteiger partial charge in [0.2, 0.25) is 0 Å². The van der Waals surface area contributed by atoms with Crippen LogP contribution in [0.5, 0.6) is 11.5 Å². The fourth-order valence-electron chi connectivity index (χ4n) is 2.33. The number of rotatable bonds is 9. The van der Waals surface area contributed by atoms with Crippen molar-refractivity contribution >= 4 is 27.5 Å². The largest absolute Gasteiger partial charge is 0.494 e. The van der Waals surface area contributed by atoms with Crippen LogP contribution in [0.3, 0.4) is 0 Å². The van der Waals surface area contributed by atoms with E-state index in [9.17, 15) is 13.2 Å². The van der Waals surface area contributed by atoms with Crippen LogP contribution < -0.4 is 19.5 Å². The number of sulfonamides is 1. The number of anilines is 2. The van der Waals surface area contributed by atoms with Crippen molar-refractivity contribution in [3.63, 3.8) is 0 Å². The van der Waals surface area contributed by atoms with Crippen LogP contribution in [-0.2, 0) is 14.8 Å². The van der Waals surface area contributed by atoms with Gasteiger partial charge in [-0.3, -0.25) is 10.0 Å². The van der Waals surface area contributed by atoms with E-state index in [1.807, 2.05) is 6.92 Å². The highest BCUT2D eigenvalue weighted by atomic mass is 32.2. The third kappa shape index (κ3) is 5.78. The second-order valence-electron chi connectivity index (χ2n) is 5.50. The first-order chi connectivity index (χ1) is 13.4. The highest BCUT2D eigenvalue weighted by Crippen LogP contribution is 2.29. The predicted molar refractivity (Wildman–Crippen MR) is 107 cm³/mol. The molecule has 0 saturated carbocycles. The van der Waals surface area contributed by atoms with Crippen molar-refractivity contribution in [1.29, 1.82) is 0 Å². The molecule has 28 heavy (non-hydrogen) atoms. The van der Waals surface area contributed by atoms with Crippen molar-refractivity contribution < 1.29 is 27.4 Å². The molecule has 0 unspecified atom stereocenters. The molecule has 2 aromatic rings. The number of hydrogen-bond acceptors (Lipinski definition) is 6. The first-order valence-corrected chi connectivity index (χ1v) is 10.3. The Balaban J connectivity index is 2.27.